The fourth-order valence-corrected chi connectivity index (χ4v) is 2.03. The van der Waals surface area contributed by atoms with Crippen LogP contribution >= 0.6 is 0 Å². The van der Waals surface area contributed by atoms with Gasteiger partial charge in [0.1, 0.15) is 5.92 Å². The molecular formula is C13H23NO2. The summed E-state index contributed by atoms with van der Waals surface area (Å²) in [6.45, 7) is 11.7. The lowest BCUT2D eigenvalue weighted by molar-refractivity contribution is -0.133. The van der Waals surface area contributed by atoms with E-state index in [1.807, 2.05) is 6.92 Å². The predicted molar refractivity (Wildman–Crippen MR) is 66.0 cm³/mol. The van der Waals surface area contributed by atoms with Crippen LogP contribution in [-0.2, 0) is 9.59 Å². The predicted octanol–water partition coefficient (Wildman–Crippen LogP) is 2.18. The first-order valence-electron chi connectivity index (χ1n) is 5.61. The van der Waals surface area contributed by atoms with E-state index in [0.717, 1.165) is 6.42 Å². The van der Waals surface area contributed by atoms with Gasteiger partial charge in [-0.2, -0.15) is 0 Å². The van der Waals surface area contributed by atoms with Gasteiger partial charge < -0.3 is 5.32 Å². The topological polar surface area (TPSA) is 46.2 Å². The summed E-state index contributed by atoms with van der Waals surface area (Å²) in [5.74, 6) is -1.01. The van der Waals surface area contributed by atoms with Gasteiger partial charge in [-0.15, -0.1) is 0 Å². The molecule has 1 N–H and O–H groups in total. The standard InChI is InChI=1S/C13H23NO2/c1-7-10(15)11(12(16)14-6)9(2)8-13(3,4)5/h7,9,11H,1,8H2,2-6H3,(H,14,16). The van der Waals surface area contributed by atoms with Gasteiger partial charge in [-0.05, 0) is 23.8 Å². The van der Waals surface area contributed by atoms with Crippen LogP contribution in [0.25, 0.3) is 0 Å². The van der Waals surface area contributed by atoms with Crippen molar-refractivity contribution in [3.05, 3.63) is 12.7 Å². The monoisotopic (exact) mass is 225 g/mol. The van der Waals surface area contributed by atoms with Crippen LogP contribution in [0.5, 0.6) is 0 Å². The van der Waals surface area contributed by atoms with Gasteiger partial charge in [0.25, 0.3) is 0 Å². The summed E-state index contributed by atoms with van der Waals surface area (Å²) in [7, 11) is 1.55. The molecule has 0 saturated heterocycles. The van der Waals surface area contributed by atoms with E-state index in [1.165, 1.54) is 6.08 Å². The van der Waals surface area contributed by atoms with Gasteiger partial charge in [-0.25, -0.2) is 0 Å². The molecule has 0 bridgehead atoms. The second-order valence-electron chi connectivity index (χ2n) is 5.44. The number of amides is 1. The molecule has 0 aromatic heterocycles. The number of nitrogens with one attached hydrogen (secondary N) is 1. The molecule has 0 aliphatic rings. The molecule has 3 heteroatoms. The molecule has 0 radical (unpaired) electrons. The number of hydrogen-bond acceptors (Lipinski definition) is 2. The number of rotatable bonds is 5. The van der Waals surface area contributed by atoms with Gasteiger partial charge in [0.15, 0.2) is 5.78 Å². The van der Waals surface area contributed by atoms with Crippen LogP contribution in [0.2, 0.25) is 0 Å². The van der Waals surface area contributed by atoms with Gasteiger partial charge in [0.2, 0.25) is 5.91 Å². The Morgan fingerprint density at radius 3 is 2.19 bits per heavy atom. The van der Waals surface area contributed by atoms with E-state index in [4.69, 9.17) is 0 Å². The number of carbonyl (C=O) groups excluding carboxylic acids is 2. The first-order chi connectivity index (χ1) is 7.22. The minimum Gasteiger partial charge on any atom is -0.359 e. The van der Waals surface area contributed by atoms with E-state index < -0.39 is 5.92 Å². The molecule has 2 unspecified atom stereocenters. The molecule has 0 aromatic carbocycles. The average molecular weight is 225 g/mol. The maximum atomic E-state index is 11.7. The minimum atomic E-state index is -0.610. The molecular weight excluding hydrogens is 202 g/mol. The van der Waals surface area contributed by atoms with Crippen LogP contribution in [0, 0.1) is 17.3 Å². The van der Waals surface area contributed by atoms with Crippen LogP contribution in [-0.4, -0.2) is 18.7 Å². The molecule has 0 aliphatic heterocycles. The Labute approximate surface area is 98.3 Å². The lowest BCUT2D eigenvalue weighted by Crippen LogP contribution is -2.37. The highest BCUT2D eigenvalue weighted by molar-refractivity contribution is 6.06. The SMILES string of the molecule is C=CC(=O)C(C(=O)NC)C(C)CC(C)(C)C. The largest absolute Gasteiger partial charge is 0.359 e. The smallest absolute Gasteiger partial charge is 0.230 e. The van der Waals surface area contributed by atoms with Crippen LogP contribution < -0.4 is 5.32 Å². The van der Waals surface area contributed by atoms with Gasteiger partial charge in [-0.3, -0.25) is 9.59 Å². The number of ketones is 1. The maximum Gasteiger partial charge on any atom is 0.230 e. The lowest BCUT2D eigenvalue weighted by atomic mass is 9.77. The second kappa shape index (κ2) is 5.83. The summed E-state index contributed by atoms with van der Waals surface area (Å²) in [5, 5.41) is 2.54. The van der Waals surface area contributed by atoms with Crippen LogP contribution in [0.3, 0.4) is 0 Å². The first kappa shape index (κ1) is 14.9. The highest BCUT2D eigenvalue weighted by atomic mass is 16.2. The summed E-state index contributed by atoms with van der Waals surface area (Å²) < 4.78 is 0. The van der Waals surface area contributed by atoms with Crippen LogP contribution in [0.15, 0.2) is 12.7 Å². The summed E-state index contributed by atoms with van der Waals surface area (Å²) in [6, 6.07) is 0. The van der Waals surface area contributed by atoms with E-state index in [2.05, 4.69) is 32.7 Å². The number of allylic oxidation sites excluding steroid dienone is 1. The minimum absolute atomic E-state index is 0.0189. The molecule has 16 heavy (non-hydrogen) atoms. The van der Waals surface area contributed by atoms with Crippen LogP contribution in [0.1, 0.15) is 34.1 Å². The van der Waals surface area contributed by atoms with Crippen molar-refractivity contribution in [2.75, 3.05) is 7.05 Å². The van der Waals surface area contributed by atoms with E-state index in [9.17, 15) is 9.59 Å². The van der Waals surface area contributed by atoms with Crippen molar-refractivity contribution in [2.45, 2.75) is 34.1 Å². The molecule has 0 spiro atoms. The molecule has 0 aromatic rings. The average Bonchev–Trinajstić information content (AvgIpc) is 2.14. The van der Waals surface area contributed by atoms with Gasteiger partial charge >= 0.3 is 0 Å². The van der Waals surface area contributed by atoms with Crippen molar-refractivity contribution in [3.63, 3.8) is 0 Å². The summed E-state index contributed by atoms with van der Waals surface area (Å²) >= 11 is 0. The lowest BCUT2D eigenvalue weighted by Gasteiger charge is -2.27. The Kier molecular flexibility index (Phi) is 5.42. The highest BCUT2D eigenvalue weighted by Crippen LogP contribution is 2.29. The van der Waals surface area contributed by atoms with Crippen molar-refractivity contribution in [2.24, 2.45) is 17.3 Å². The highest BCUT2D eigenvalue weighted by Gasteiger charge is 2.31. The van der Waals surface area contributed by atoms with E-state index in [-0.39, 0.29) is 23.0 Å². The number of carbonyl (C=O) groups is 2. The Hall–Kier alpha value is -1.12. The zero-order chi connectivity index (χ0) is 12.9. The molecule has 0 heterocycles. The summed E-state index contributed by atoms with van der Waals surface area (Å²) in [4.78, 5) is 23.3. The molecule has 92 valence electrons. The zero-order valence-electron chi connectivity index (χ0n) is 11.0. The van der Waals surface area contributed by atoms with Crippen molar-refractivity contribution < 1.29 is 9.59 Å². The molecule has 0 saturated carbocycles. The molecule has 2 atom stereocenters. The maximum absolute atomic E-state index is 11.7. The third-order valence-electron chi connectivity index (χ3n) is 2.54. The zero-order valence-corrected chi connectivity index (χ0v) is 11.0. The Balaban J connectivity index is 4.83. The molecule has 0 fully saturated rings. The summed E-state index contributed by atoms with van der Waals surface area (Å²) in [5.41, 5.74) is 0.104. The van der Waals surface area contributed by atoms with E-state index in [1.54, 1.807) is 7.05 Å². The van der Waals surface area contributed by atoms with Gasteiger partial charge in [0.05, 0.1) is 0 Å². The molecule has 0 aliphatic carbocycles. The first-order valence-corrected chi connectivity index (χ1v) is 5.61. The van der Waals surface area contributed by atoms with Gasteiger partial charge in [0, 0.05) is 7.05 Å². The Morgan fingerprint density at radius 2 is 1.88 bits per heavy atom. The van der Waals surface area contributed by atoms with Crippen molar-refractivity contribution in [1.82, 2.24) is 5.32 Å². The van der Waals surface area contributed by atoms with Crippen molar-refractivity contribution >= 4 is 11.7 Å². The normalized spacial score (nSPS) is 15.1. The van der Waals surface area contributed by atoms with Crippen LogP contribution in [0.4, 0.5) is 0 Å². The van der Waals surface area contributed by atoms with E-state index >= 15 is 0 Å². The molecule has 0 rings (SSSR count). The molecule has 1 amide bonds. The fraction of sp³-hybridized carbons (Fsp3) is 0.692. The summed E-state index contributed by atoms with van der Waals surface area (Å²) in [6.07, 6.45) is 2.06. The Morgan fingerprint density at radius 1 is 1.38 bits per heavy atom. The third-order valence-corrected chi connectivity index (χ3v) is 2.54. The Bertz CT molecular complexity index is 276. The number of hydrogen-bond donors (Lipinski definition) is 1. The van der Waals surface area contributed by atoms with E-state index in [0.29, 0.717) is 0 Å². The van der Waals surface area contributed by atoms with Gasteiger partial charge in [-0.1, -0.05) is 34.3 Å². The molecule has 3 nitrogen and oxygen atoms in total. The van der Waals surface area contributed by atoms with Crippen molar-refractivity contribution in [1.29, 1.82) is 0 Å². The fourth-order valence-electron chi connectivity index (χ4n) is 2.03. The third kappa shape index (κ3) is 4.60. The quantitative estimate of drug-likeness (QED) is 0.576. The second-order valence-corrected chi connectivity index (χ2v) is 5.44. The van der Waals surface area contributed by atoms with Crippen molar-refractivity contribution in [3.8, 4) is 0 Å².